The van der Waals surface area contributed by atoms with Gasteiger partial charge in [-0.15, -0.1) is 0 Å². The number of rotatable bonds is 5. The van der Waals surface area contributed by atoms with Crippen molar-refractivity contribution in [1.82, 2.24) is 10.0 Å². The van der Waals surface area contributed by atoms with Crippen LogP contribution in [0.25, 0.3) is 0 Å². The Morgan fingerprint density at radius 2 is 1.79 bits per heavy atom. The van der Waals surface area contributed by atoms with E-state index >= 15 is 0 Å². The molecule has 0 aliphatic carbocycles. The van der Waals surface area contributed by atoms with Crippen LogP contribution in [0.1, 0.15) is 35.3 Å². The average molecular weight is 284 g/mol. The van der Waals surface area contributed by atoms with Crippen LogP contribution >= 0.6 is 0 Å². The molecule has 0 unspecified atom stereocenters. The molecular formula is C13H20N2O3S. The highest BCUT2D eigenvalue weighted by molar-refractivity contribution is 7.89. The molecule has 1 amide bonds. The molecule has 1 aromatic rings. The minimum atomic E-state index is -3.56. The summed E-state index contributed by atoms with van der Waals surface area (Å²) < 4.78 is 26.6. The van der Waals surface area contributed by atoms with Crippen molar-refractivity contribution in [3.8, 4) is 0 Å². The Hall–Kier alpha value is -1.40. The molecule has 0 aliphatic heterocycles. The number of sulfonamides is 1. The van der Waals surface area contributed by atoms with Crippen molar-refractivity contribution in [2.24, 2.45) is 0 Å². The molecule has 0 aliphatic rings. The number of nitrogens with one attached hydrogen (secondary N) is 2. The van der Waals surface area contributed by atoms with Gasteiger partial charge in [-0.2, -0.15) is 0 Å². The van der Waals surface area contributed by atoms with Crippen LogP contribution in [0.3, 0.4) is 0 Å². The fourth-order valence-electron chi connectivity index (χ4n) is 1.77. The van der Waals surface area contributed by atoms with Gasteiger partial charge >= 0.3 is 0 Å². The van der Waals surface area contributed by atoms with E-state index < -0.39 is 10.0 Å². The monoisotopic (exact) mass is 284 g/mol. The van der Waals surface area contributed by atoms with Gasteiger partial charge in [-0.1, -0.05) is 6.92 Å². The number of carbonyl (C=O) groups excluding carboxylic acids is 1. The van der Waals surface area contributed by atoms with Crippen molar-refractivity contribution in [3.05, 3.63) is 28.8 Å². The highest BCUT2D eigenvalue weighted by Crippen LogP contribution is 2.21. The van der Waals surface area contributed by atoms with Crippen LogP contribution in [-0.4, -0.2) is 27.4 Å². The Bertz CT molecular complexity index is 580. The third kappa shape index (κ3) is 3.54. The van der Waals surface area contributed by atoms with Gasteiger partial charge in [0.1, 0.15) is 0 Å². The molecule has 0 aromatic heterocycles. The zero-order valence-corrected chi connectivity index (χ0v) is 12.5. The highest BCUT2D eigenvalue weighted by Gasteiger charge is 2.19. The van der Waals surface area contributed by atoms with Crippen molar-refractivity contribution in [3.63, 3.8) is 0 Å². The molecule has 0 fully saturated rings. The van der Waals surface area contributed by atoms with Crippen molar-refractivity contribution in [2.75, 3.05) is 13.1 Å². The predicted octanol–water partition coefficient (Wildman–Crippen LogP) is 1.35. The smallest absolute Gasteiger partial charge is 0.251 e. The van der Waals surface area contributed by atoms with Gasteiger partial charge in [-0.05, 0) is 44.0 Å². The normalized spacial score (nSPS) is 11.4. The largest absolute Gasteiger partial charge is 0.352 e. The van der Waals surface area contributed by atoms with Crippen molar-refractivity contribution in [2.45, 2.75) is 32.6 Å². The topological polar surface area (TPSA) is 75.3 Å². The Balaban J connectivity index is 3.37. The van der Waals surface area contributed by atoms with Crippen LogP contribution in [0.2, 0.25) is 0 Å². The molecule has 5 nitrogen and oxygen atoms in total. The van der Waals surface area contributed by atoms with Crippen molar-refractivity contribution in [1.29, 1.82) is 0 Å². The average Bonchev–Trinajstić information content (AvgIpc) is 2.32. The maximum Gasteiger partial charge on any atom is 0.251 e. The van der Waals surface area contributed by atoms with Gasteiger partial charge in [0, 0.05) is 18.7 Å². The van der Waals surface area contributed by atoms with E-state index in [9.17, 15) is 13.2 Å². The molecule has 1 rings (SSSR count). The van der Waals surface area contributed by atoms with Crippen LogP contribution in [0.5, 0.6) is 0 Å². The van der Waals surface area contributed by atoms with Gasteiger partial charge in [0.05, 0.1) is 4.90 Å². The summed E-state index contributed by atoms with van der Waals surface area (Å²) in [6.45, 7) is 7.87. The Morgan fingerprint density at radius 1 is 1.16 bits per heavy atom. The van der Waals surface area contributed by atoms with Gasteiger partial charge < -0.3 is 5.32 Å². The molecule has 0 bridgehead atoms. The van der Waals surface area contributed by atoms with E-state index in [-0.39, 0.29) is 10.8 Å². The van der Waals surface area contributed by atoms with Crippen LogP contribution in [-0.2, 0) is 10.0 Å². The van der Waals surface area contributed by atoms with Crippen LogP contribution in [0.4, 0.5) is 0 Å². The lowest BCUT2D eigenvalue weighted by atomic mass is 10.1. The summed E-state index contributed by atoms with van der Waals surface area (Å²) in [6, 6.07) is 3.12. The predicted molar refractivity (Wildman–Crippen MR) is 74.8 cm³/mol. The van der Waals surface area contributed by atoms with Crippen LogP contribution in [0.15, 0.2) is 17.0 Å². The Labute approximate surface area is 114 Å². The summed E-state index contributed by atoms with van der Waals surface area (Å²) in [6.07, 6.45) is 0. The lowest BCUT2D eigenvalue weighted by Crippen LogP contribution is -2.26. The first kappa shape index (κ1) is 15.7. The zero-order valence-electron chi connectivity index (χ0n) is 11.7. The molecule has 0 spiro atoms. The molecule has 19 heavy (non-hydrogen) atoms. The van der Waals surface area contributed by atoms with Crippen molar-refractivity contribution >= 4 is 15.9 Å². The lowest BCUT2D eigenvalue weighted by Gasteiger charge is -2.12. The van der Waals surface area contributed by atoms with E-state index in [1.54, 1.807) is 26.8 Å². The third-order valence-corrected chi connectivity index (χ3v) is 4.51. The molecule has 0 atom stereocenters. The quantitative estimate of drug-likeness (QED) is 0.857. The third-order valence-electron chi connectivity index (χ3n) is 2.84. The number of aryl methyl sites for hydroxylation is 1. The van der Waals surface area contributed by atoms with Crippen molar-refractivity contribution < 1.29 is 13.2 Å². The minimum Gasteiger partial charge on any atom is -0.352 e. The second-order valence-corrected chi connectivity index (χ2v) is 6.01. The van der Waals surface area contributed by atoms with Crippen LogP contribution < -0.4 is 10.0 Å². The lowest BCUT2D eigenvalue weighted by molar-refractivity contribution is 0.0955. The number of hydrogen-bond acceptors (Lipinski definition) is 3. The van der Waals surface area contributed by atoms with E-state index in [2.05, 4.69) is 10.0 Å². The summed E-state index contributed by atoms with van der Waals surface area (Å²) in [5, 5.41) is 2.66. The molecule has 2 N–H and O–H groups in total. The molecule has 0 heterocycles. The molecule has 0 saturated carbocycles. The second-order valence-electron chi connectivity index (χ2n) is 4.28. The standard InChI is InChI=1S/C13H20N2O3S/c1-5-14-13(16)11-7-9(3)10(4)12(8-11)19(17,18)15-6-2/h7-8,15H,5-6H2,1-4H3,(H,14,16). The summed E-state index contributed by atoms with van der Waals surface area (Å²) in [4.78, 5) is 12.0. The Kier molecular flexibility index (Phi) is 5.08. The summed E-state index contributed by atoms with van der Waals surface area (Å²) in [7, 11) is -3.56. The summed E-state index contributed by atoms with van der Waals surface area (Å²) in [5.41, 5.74) is 1.80. The Morgan fingerprint density at radius 3 is 2.32 bits per heavy atom. The van der Waals surface area contributed by atoms with Gasteiger partial charge in [-0.25, -0.2) is 13.1 Å². The van der Waals surface area contributed by atoms with E-state index in [4.69, 9.17) is 0 Å². The van der Waals surface area contributed by atoms with Crippen LogP contribution in [0, 0.1) is 13.8 Å². The molecular weight excluding hydrogens is 264 g/mol. The van der Waals surface area contributed by atoms with Gasteiger partial charge in [0.2, 0.25) is 10.0 Å². The molecule has 1 aromatic carbocycles. The first-order valence-electron chi connectivity index (χ1n) is 6.22. The maximum atomic E-state index is 12.1. The molecule has 106 valence electrons. The number of hydrogen-bond donors (Lipinski definition) is 2. The van der Waals surface area contributed by atoms with E-state index in [1.807, 2.05) is 6.92 Å². The summed E-state index contributed by atoms with van der Waals surface area (Å²) in [5.74, 6) is -0.265. The van der Waals surface area contributed by atoms with E-state index in [1.165, 1.54) is 6.07 Å². The first-order chi connectivity index (χ1) is 8.83. The molecule has 6 heteroatoms. The number of benzene rings is 1. The highest BCUT2D eigenvalue weighted by atomic mass is 32.2. The number of amides is 1. The fourth-order valence-corrected chi connectivity index (χ4v) is 3.15. The second kappa shape index (κ2) is 6.16. The van der Waals surface area contributed by atoms with Gasteiger partial charge in [0.25, 0.3) is 5.91 Å². The summed E-state index contributed by atoms with van der Waals surface area (Å²) >= 11 is 0. The maximum absolute atomic E-state index is 12.1. The van der Waals surface area contributed by atoms with Gasteiger partial charge in [-0.3, -0.25) is 4.79 Å². The SMILES string of the molecule is CCNC(=O)c1cc(C)c(C)c(S(=O)(=O)NCC)c1. The molecule has 0 saturated heterocycles. The number of carbonyl (C=O) groups is 1. The van der Waals surface area contributed by atoms with E-state index in [0.29, 0.717) is 24.2 Å². The van der Waals surface area contributed by atoms with E-state index in [0.717, 1.165) is 5.56 Å². The first-order valence-corrected chi connectivity index (χ1v) is 7.70. The fraction of sp³-hybridized carbons (Fsp3) is 0.462. The van der Waals surface area contributed by atoms with Gasteiger partial charge in [0.15, 0.2) is 0 Å². The minimum absolute atomic E-state index is 0.163. The zero-order chi connectivity index (χ0) is 14.6. The molecule has 0 radical (unpaired) electrons.